The van der Waals surface area contributed by atoms with Gasteiger partial charge in [0.25, 0.3) is 0 Å². The van der Waals surface area contributed by atoms with E-state index >= 15 is 0 Å². The summed E-state index contributed by atoms with van der Waals surface area (Å²) in [5, 5.41) is 7.48. The molecule has 2 unspecified atom stereocenters. The monoisotopic (exact) mass is 247 g/mol. The molecule has 0 bridgehead atoms. The Hall–Kier alpha value is -1.69. The Morgan fingerprint density at radius 3 is 3.11 bits per heavy atom. The zero-order valence-electron chi connectivity index (χ0n) is 10.6. The zero-order valence-corrected chi connectivity index (χ0v) is 10.6. The van der Waals surface area contributed by atoms with E-state index in [0.717, 1.165) is 12.2 Å². The van der Waals surface area contributed by atoms with Crippen LogP contribution in [0.4, 0.5) is 0 Å². The number of imidazole rings is 1. The summed E-state index contributed by atoms with van der Waals surface area (Å²) >= 11 is 0. The first-order valence-electron chi connectivity index (χ1n) is 6.29. The minimum absolute atomic E-state index is 0.174. The van der Waals surface area contributed by atoms with Crippen molar-refractivity contribution in [2.24, 2.45) is 13.0 Å². The van der Waals surface area contributed by atoms with Gasteiger partial charge in [-0.05, 0) is 25.3 Å². The third-order valence-corrected chi connectivity index (χ3v) is 3.52. The molecule has 1 saturated heterocycles. The molecule has 3 heterocycles. The molecule has 0 amide bonds. The maximum absolute atomic E-state index is 5.39. The van der Waals surface area contributed by atoms with Crippen LogP contribution in [-0.4, -0.2) is 26.2 Å². The number of hydrogen-bond donors (Lipinski definition) is 1. The Bertz CT molecular complexity index is 532. The lowest BCUT2D eigenvalue weighted by molar-refractivity contribution is 0.239. The van der Waals surface area contributed by atoms with E-state index in [1.54, 1.807) is 12.5 Å². The van der Waals surface area contributed by atoms with E-state index in [2.05, 4.69) is 27.4 Å². The standard InChI is InChI=1S/C12H17N5O/c1-8-4-3-5-14-10(8)12-15-11(16-18-12)9-6-13-7-17(9)2/h6-8,10,14H,3-5H2,1-2H3. The molecular formula is C12H17N5O. The SMILES string of the molecule is CC1CCCNC1c1nc(-c2cncn2C)no1. The van der Waals surface area contributed by atoms with Gasteiger partial charge in [-0.1, -0.05) is 12.1 Å². The van der Waals surface area contributed by atoms with Crippen molar-refractivity contribution in [2.75, 3.05) is 6.54 Å². The molecule has 0 radical (unpaired) electrons. The summed E-state index contributed by atoms with van der Waals surface area (Å²) in [6.07, 6.45) is 5.88. The zero-order chi connectivity index (χ0) is 12.5. The van der Waals surface area contributed by atoms with Crippen LogP contribution in [0.2, 0.25) is 0 Å². The Kier molecular flexibility index (Phi) is 2.87. The van der Waals surface area contributed by atoms with Gasteiger partial charge in [0, 0.05) is 7.05 Å². The van der Waals surface area contributed by atoms with Gasteiger partial charge in [0.2, 0.25) is 11.7 Å². The maximum atomic E-state index is 5.39. The molecule has 1 fully saturated rings. The molecule has 0 aliphatic carbocycles. The molecule has 2 atom stereocenters. The third-order valence-electron chi connectivity index (χ3n) is 3.52. The van der Waals surface area contributed by atoms with Gasteiger partial charge in [0.1, 0.15) is 5.69 Å². The van der Waals surface area contributed by atoms with Gasteiger partial charge in [-0.2, -0.15) is 4.98 Å². The molecule has 6 heteroatoms. The van der Waals surface area contributed by atoms with Gasteiger partial charge in [-0.3, -0.25) is 0 Å². The number of nitrogens with one attached hydrogen (secondary N) is 1. The quantitative estimate of drug-likeness (QED) is 0.871. The van der Waals surface area contributed by atoms with Crippen LogP contribution in [-0.2, 0) is 7.05 Å². The normalized spacial score (nSPS) is 24.3. The summed E-state index contributed by atoms with van der Waals surface area (Å²) in [5.74, 6) is 1.81. The molecule has 0 spiro atoms. The Morgan fingerprint density at radius 1 is 1.50 bits per heavy atom. The molecule has 1 aliphatic heterocycles. The Labute approximate surface area is 105 Å². The van der Waals surface area contributed by atoms with Crippen molar-refractivity contribution in [3.63, 3.8) is 0 Å². The van der Waals surface area contributed by atoms with Crippen molar-refractivity contribution in [3.8, 4) is 11.5 Å². The molecule has 3 rings (SSSR count). The number of piperidine rings is 1. The number of aryl methyl sites for hydroxylation is 1. The number of nitrogens with zero attached hydrogens (tertiary/aromatic N) is 4. The van der Waals surface area contributed by atoms with Gasteiger partial charge < -0.3 is 14.4 Å². The maximum Gasteiger partial charge on any atom is 0.244 e. The van der Waals surface area contributed by atoms with Crippen molar-refractivity contribution in [3.05, 3.63) is 18.4 Å². The summed E-state index contributed by atoms with van der Waals surface area (Å²) in [4.78, 5) is 8.55. The average molecular weight is 247 g/mol. The van der Waals surface area contributed by atoms with E-state index < -0.39 is 0 Å². The van der Waals surface area contributed by atoms with E-state index in [0.29, 0.717) is 17.6 Å². The number of hydrogen-bond acceptors (Lipinski definition) is 5. The van der Waals surface area contributed by atoms with E-state index in [-0.39, 0.29) is 6.04 Å². The lowest BCUT2D eigenvalue weighted by Gasteiger charge is -2.26. The Balaban J connectivity index is 1.87. The summed E-state index contributed by atoms with van der Waals surface area (Å²) in [5.41, 5.74) is 0.869. The molecule has 6 nitrogen and oxygen atoms in total. The minimum Gasteiger partial charge on any atom is -0.337 e. The van der Waals surface area contributed by atoms with Gasteiger partial charge in [-0.25, -0.2) is 4.98 Å². The van der Waals surface area contributed by atoms with Crippen LogP contribution in [0.15, 0.2) is 17.0 Å². The van der Waals surface area contributed by atoms with Crippen LogP contribution in [0.3, 0.4) is 0 Å². The van der Waals surface area contributed by atoms with Crippen LogP contribution >= 0.6 is 0 Å². The molecule has 2 aromatic heterocycles. The van der Waals surface area contributed by atoms with Crippen molar-refractivity contribution < 1.29 is 4.52 Å². The molecule has 0 saturated carbocycles. The third kappa shape index (κ3) is 1.92. The fourth-order valence-corrected chi connectivity index (χ4v) is 2.42. The smallest absolute Gasteiger partial charge is 0.244 e. The second kappa shape index (κ2) is 4.53. The molecular weight excluding hydrogens is 230 g/mol. The fourth-order valence-electron chi connectivity index (χ4n) is 2.42. The van der Waals surface area contributed by atoms with Gasteiger partial charge >= 0.3 is 0 Å². The van der Waals surface area contributed by atoms with Crippen molar-refractivity contribution >= 4 is 0 Å². The summed E-state index contributed by atoms with van der Waals surface area (Å²) in [6.45, 7) is 3.23. The van der Waals surface area contributed by atoms with Crippen LogP contribution in [0.25, 0.3) is 11.5 Å². The highest BCUT2D eigenvalue weighted by molar-refractivity contribution is 5.47. The van der Waals surface area contributed by atoms with Gasteiger partial charge in [-0.15, -0.1) is 0 Å². The Morgan fingerprint density at radius 2 is 2.39 bits per heavy atom. The van der Waals surface area contributed by atoms with E-state index in [9.17, 15) is 0 Å². The molecule has 96 valence electrons. The van der Waals surface area contributed by atoms with E-state index in [1.807, 2.05) is 11.6 Å². The highest BCUT2D eigenvalue weighted by Crippen LogP contribution is 2.28. The molecule has 1 aliphatic rings. The van der Waals surface area contributed by atoms with Gasteiger partial charge in [0.05, 0.1) is 18.6 Å². The lowest BCUT2D eigenvalue weighted by atomic mass is 9.93. The predicted molar refractivity (Wildman–Crippen MR) is 65.6 cm³/mol. The van der Waals surface area contributed by atoms with Crippen LogP contribution in [0.5, 0.6) is 0 Å². The minimum atomic E-state index is 0.174. The molecule has 18 heavy (non-hydrogen) atoms. The first kappa shape index (κ1) is 11.4. The van der Waals surface area contributed by atoms with Crippen LogP contribution < -0.4 is 5.32 Å². The highest BCUT2D eigenvalue weighted by atomic mass is 16.5. The van der Waals surface area contributed by atoms with E-state index in [4.69, 9.17) is 4.52 Å². The largest absolute Gasteiger partial charge is 0.337 e. The first-order chi connectivity index (χ1) is 8.75. The molecule has 0 aromatic carbocycles. The summed E-state index contributed by atoms with van der Waals surface area (Å²) in [7, 11) is 1.92. The second-order valence-electron chi connectivity index (χ2n) is 4.90. The average Bonchev–Trinajstić information content (AvgIpc) is 2.98. The summed E-state index contributed by atoms with van der Waals surface area (Å²) < 4.78 is 7.27. The second-order valence-corrected chi connectivity index (χ2v) is 4.90. The van der Waals surface area contributed by atoms with Gasteiger partial charge in [0.15, 0.2) is 0 Å². The van der Waals surface area contributed by atoms with Crippen molar-refractivity contribution in [1.82, 2.24) is 25.0 Å². The lowest BCUT2D eigenvalue weighted by Crippen LogP contribution is -2.33. The molecule has 1 N–H and O–H groups in total. The highest BCUT2D eigenvalue weighted by Gasteiger charge is 2.27. The summed E-state index contributed by atoms with van der Waals surface area (Å²) in [6, 6.07) is 0.174. The molecule has 2 aromatic rings. The number of rotatable bonds is 2. The van der Waals surface area contributed by atoms with Crippen molar-refractivity contribution in [1.29, 1.82) is 0 Å². The van der Waals surface area contributed by atoms with Crippen LogP contribution in [0.1, 0.15) is 31.7 Å². The first-order valence-corrected chi connectivity index (χ1v) is 6.29. The number of aromatic nitrogens is 4. The fraction of sp³-hybridized carbons (Fsp3) is 0.583. The predicted octanol–water partition coefficient (Wildman–Crippen LogP) is 1.53. The van der Waals surface area contributed by atoms with E-state index in [1.165, 1.54) is 12.8 Å². The topological polar surface area (TPSA) is 68.8 Å². The van der Waals surface area contributed by atoms with Crippen molar-refractivity contribution in [2.45, 2.75) is 25.8 Å². The van der Waals surface area contributed by atoms with Crippen LogP contribution in [0, 0.1) is 5.92 Å².